The number of benzene rings is 1. The van der Waals surface area contributed by atoms with Crippen LogP contribution < -0.4 is 9.47 Å². The van der Waals surface area contributed by atoms with E-state index in [2.05, 4.69) is 12.8 Å². The van der Waals surface area contributed by atoms with E-state index in [1.165, 1.54) is 6.92 Å². The van der Waals surface area contributed by atoms with Gasteiger partial charge in [0, 0.05) is 18.9 Å². The number of hydrogen-bond acceptors (Lipinski definition) is 3. The minimum Gasteiger partial charge on any atom is -0.487 e. The molecule has 1 aliphatic rings. The predicted molar refractivity (Wildman–Crippen MR) is 87.4 cm³/mol. The average Bonchev–Trinajstić information content (AvgIpc) is 2.47. The first-order chi connectivity index (χ1) is 10.3. The van der Waals surface area contributed by atoms with Crippen LogP contribution in [0.4, 0.5) is 0 Å². The Labute approximate surface area is 133 Å². The second-order valence-electron chi connectivity index (χ2n) is 6.36. The van der Waals surface area contributed by atoms with Crippen LogP contribution in [0.15, 0.2) is 0 Å². The molecule has 0 spiro atoms. The lowest BCUT2D eigenvalue weighted by Crippen LogP contribution is -2.37. The molecule has 3 nitrogen and oxygen atoms in total. The Morgan fingerprint density at radius 3 is 2.59 bits per heavy atom. The molecule has 1 atom stereocenters. The Morgan fingerprint density at radius 2 is 2.00 bits per heavy atom. The van der Waals surface area contributed by atoms with Gasteiger partial charge in [0.15, 0.2) is 0 Å². The van der Waals surface area contributed by atoms with Gasteiger partial charge >= 0.3 is 5.97 Å². The van der Waals surface area contributed by atoms with E-state index in [-0.39, 0.29) is 11.6 Å². The van der Waals surface area contributed by atoms with Gasteiger partial charge in [-0.3, -0.25) is 4.79 Å². The molecule has 1 aromatic carbocycles. The average molecular weight is 300 g/mol. The van der Waals surface area contributed by atoms with Crippen LogP contribution in [0, 0.1) is 33.1 Å². The molecule has 0 saturated carbocycles. The molecule has 2 rings (SSSR count). The summed E-state index contributed by atoms with van der Waals surface area (Å²) in [5.41, 5.74) is 3.95. The van der Waals surface area contributed by atoms with Gasteiger partial charge in [-0.25, -0.2) is 0 Å². The fraction of sp³-hybridized carbons (Fsp3) is 0.526. The fourth-order valence-electron chi connectivity index (χ4n) is 3.09. The van der Waals surface area contributed by atoms with Crippen molar-refractivity contribution in [1.82, 2.24) is 0 Å². The second-order valence-corrected chi connectivity index (χ2v) is 6.36. The molecule has 0 aromatic heterocycles. The molecule has 118 valence electrons. The maximum absolute atomic E-state index is 11.3. The van der Waals surface area contributed by atoms with Crippen LogP contribution in [0.2, 0.25) is 0 Å². The Morgan fingerprint density at radius 1 is 1.32 bits per heavy atom. The van der Waals surface area contributed by atoms with Crippen molar-refractivity contribution in [2.45, 2.75) is 65.9 Å². The number of rotatable bonds is 3. The van der Waals surface area contributed by atoms with Crippen LogP contribution >= 0.6 is 0 Å². The number of carbonyl (C=O) groups excluding carboxylic acids is 1. The highest BCUT2D eigenvalue weighted by atomic mass is 16.5. The number of ether oxygens (including phenoxy) is 2. The Bertz CT molecular complexity index is 652. The standard InChI is InChI=1S/C19H24O3/c1-7-8-10-19(6)11-9-16-14(4)17(21-15(5)20)12(2)13(3)18(16)22-19/h1H,8-11H2,2-6H3. The van der Waals surface area contributed by atoms with Crippen molar-refractivity contribution >= 4 is 5.97 Å². The Kier molecular flexibility index (Phi) is 4.51. The molecule has 1 heterocycles. The third-order valence-electron chi connectivity index (χ3n) is 4.61. The summed E-state index contributed by atoms with van der Waals surface area (Å²) in [6.07, 6.45) is 8.79. The van der Waals surface area contributed by atoms with E-state index in [1.54, 1.807) is 0 Å². The van der Waals surface area contributed by atoms with Gasteiger partial charge in [-0.1, -0.05) is 0 Å². The van der Waals surface area contributed by atoms with Gasteiger partial charge in [0.1, 0.15) is 17.1 Å². The maximum atomic E-state index is 11.3. The van der Waals surface area contributed by atoms with Gasteiger partial charge in [0.05, 0.1) is 0 Å². The molecule has 0 aliphatic carbocycles. The van der Waals surface area contributed by atoms with Crippen LogP contribution in [-0.2, 0) is 11.2 Å². The zero-order valence-corrected chi connectivity index (χ0v) is 14.1. The first-order valence-corrected chi connectivity index (χ1v) is 7.72. The lowest BCUT2D eigenvalue weighted by atomic mass is 9.85. The fourth-order valence-corrected chi connectivity index (χ4v) is 3.09. The van der Waals surface area contributed by atoms with Crippen molar-refractivity contribution in [2.24, 2.45) is 0 Å². The number of carbonyl (C=O) groups is 1. The SMILES string of the molecule is C#CCCC1(C)CCc2c(C)c(OC(C)=O)c(C)c(C)c2O1. The van der Waals surface area contributed by atoms with Gasteiger partial charge in [-0.2, -0.15) is 0 Å². The third-order valence-corrected chi connectivity index (χ3v) is 4.61. The van der Waals surface area contributed by atoms with Crippen LogP contribution in [0.3, 0.4) is 0 Å². The normalized spacial score (nSPS) is 19.8. The van der Waals surface area contributed by atoms with Crippen LogP contribution in [0.25, 0.3) is 0 Å². The largest absolute Gasteiger partial charge is 0.487 e. The zero-order chi connectivity index (χ0) is 16.5. The van der Waals surface area contributed by atoms with E-state index in [4.69, 9.17) is 15.9 Å². The highest BCUT2D eigenvalue weighted by molar-refractivity contribution is 5.72. The van der Waals surface area contributed by atoms with Crippen molar-refractivity contribution < 1.29 is 14.3 Å². The van der Waals surface area contributed by atoms with Gasteiger partial charge in [-0.15, -0.1) is 12.3 Å². The van der Waals surface area contributed by atoms with E-state index in [1.807, 2.05) is 20.8 Å². The number of esters is 1. The molecule has 0 radical (unpaired) electrons. The quantitative estimate of drug-likeness (QED) is 0.480. The Balaban J connectivity index is 2.46. The molecule has 3 heteroatoms. The van der Waals surface area contributed by atoms with Gasteiger partial charge in [0.2, 0.25) is 0 Å². The Hall–Kier alpha value is -1.95. The molecule has 0 saturated heterocycles. The van der Waals surface area contributed by atoms with Gasteiger partial charge in [-0.05, 0) is 63.6 Å². The van der Waals surface area contributed by atoms with E-state index in [0.29, 0.717) is 12.2 Å². The summed E-state index contributed by atoms with van der Waals surface area (Å²) in [4.78, 5) is 11.3. The van der Waals surface area contributed by atoms with E-state index in [0.717, 1.165) is 47.3 Å². The van der Waals surface area contributed by atoms with Crippen LogP contribution in [-0.4, -0.2) is 11.6 Å². The molecule has 1 aliphatic heterocycles. The van der Waals surface area contributed by atoms with Crippen LogP contribution in [0.1, 0.15) is 55.4 Å². The molecule has 0 bridgehead atoms. The molecule has 0 N–H and O–H groups in total. The van der Waals surface area contributed by atoms with Crippen molar-refractivity contribution in [3.63, 3.8) is 0 Å². The first-order valence-electron chi connectivity index (χ1n) is 7.72. The summed E-state index contributed by atoms with van der Waals surface area (Å²) in [7, 11) is 0. The summed E-state index contributed by atoms with van der Waals surface area (Å²) >= 11 is 0. The number of terminal acetylenes is 1. The molecular weight excluding hydrogens is 276 g/mol. The van der Waals surface area contributed by atoms with Crippen molar-refractivity contribution in [3.05, 3.63) is 22.3 Å². The number of fused-ring (bicyclic) bond motifs is 1. The van der Waals surface area contributed by atoms with E-state index >= 15 is 0 Å². The molecule has 1 unspecified atom stereocenters. The third kappa shape index (κ3) is 2.97. The summed E-state index contributed by atoms with van der Waals surface area (Å²) in [5.74, 6) is 4.03. The smallest absolute Gasteiger partial charge is 0.308 e. The van der Waals surface area contributed by atoms with E-state index < -0.39 is 0 Å². The van der Waals surface area contributed by atoms with Gasteiger partial charge in [0.25, 0.3) is 0 Å². The molecule has 0 fully saturated rings. The lowest BCUT2D eigenvalue weighted by molar-refractivity contribution is -0.132. The molecular formula is C19H24O3. The maximum Gasteiger partial charge on any atom is 0.308 e. The van der Waals surface area contributed by atoms with Gasteiger partial charge < -0.3 is 9.47 Å². The lowest BCUT2D eigenvalue weighted by Gasteiger charge is -2.38. The predicted octanol–water partition coefficient (Wildman–Crippen LogP) is 4.03. The molecule has 22 heavy (non-hydrogen) atoms. The minimum atomic E-state index is -0.291. The number of hydrogen-bond donors (Lipinski definition) is 0. The topological polar surface area (TPSA) is 35.5 Å². The zero-order valence-electron chi connectivity index (χ0n) is 14.1. The van der Waals surface area contributed by atoms with E-state index in [9.17, 15) is 4.79 Å². The molecule has 1 aromatic rings. The second kappa shape index (κ2) is 6.04. The first kappa shape index (κ1) is 16.4. The minimum absolute atomic E-state index is 0.216. The van der Waals surface area contributed by atoms with Crippen molar-refractivity contribution in [1.29, 1.82) is 0 Å². The summed E-state index contributed by atoms with van der Waals surface area (Å²) in [6.45, 7) is 9.54. The molecule has 0 amide bonds. The van der Waals surface area contributed by atoms with Crippen molar-refractivity contribution in [3.8, 4) is 23.8 Å². The highest BCUT2D eigenvalue weighted by Crippen LogP contribution is 2.44. The highest BCUT2D eigenvalue weighted by Gasteiger charge is 2.34. The summed E-state index contributed by atoms with van der Waals surface area (Å²) in [6, 6.07) is 0. The van der Waals surface area contributed by atoms with Crippen molar-refractivity contribution in [2.75, 3.05) is 0 Å². The monoisotopic (exact) mass is 300 g/mol. The van der Waals surface area contributed by atoms with Crippen LogP contribution in [0.5, 0.6) is 11.5 Å². The summed E-state index contributed by atoms with van der Waals surface area (Å²) in [5, 5.41) is 0. The summed E-state index contributed by atoms with van der Waals surface area (Å²) < 4.78 is 11.8.